The summed E-state index contributed by atoms with van der Waals surface area (Å²) < 4.78 is 12.8. The average Bonchev–Trinajstić information content (AvgIpc) is 3.09. The number of methoxy groups -OCH3 is 2. The Balaban J connectivity index is 1.84. The molecule has 146 valence electrons. The first-order chi connectivity index (χ1) is 13.1. The molecule has 1 aliphatic rings. The second-order valence-corrected chi connectivity index (χ2v) is 6.95. The molecule has 1 N–H and O–H groups in total. The maximum Gasteiger partial charge on any atom is 0.267 e. The van der Waals surface area contributed by atoms with E-state index in [-0.39, 0.29) is 5.91 Å². The molecule has 1 fully saturated rings. The molecule has 0 saturated carbocycles. The van der Waals surface area contributed by atoms with E-state index in [0.717, 1.165) is 31.0 Å². The third-order valence-corrected chi connectivity index (χ3v) is 5.41. The van der Waals surface area contributed by atoms with Crippen molar-refractivity contribution < 1.29 is 14.3 Å². The molecule has 0 unspecified atom stereocenters. The van der Waals surface area contributed by atoms with E-state index < -0.39 is 0 Å². The number of amides is 1. The van der Waals surface area contributed by atoms with Crippen LogP contribution in [0.2, 0.25) is 0 Å². The van der Waals surface area contributed by atoms with Crippen molar-refractivity contribution in [3.05, 3.63) is 47.3 Å². The van der Waals surface area contributed by atoms with Crippen molar-refractivity contribution in [1.82, 2.24) is 14.8 Å². The van der Waals surface area contributed by atoms with Crippen LogP contribution in [-0.2, 0) is 13.6 Å². The van der Waals surface area contributed by atoms with E-state index in [0.29, 0.717) is 11.7 Å². The number of likely N-dealkylation sites (tertiary alicyclic amines) is 1. The van der Waals surface area contributed by atoms with Gasteiger partial charge < -0.3 is 19.4 Å². The van der Waals surface area contributed by atoms with Crippen LogP contribution in [0.4, 0.5) is 0 Å². The van der Waals surface area contributed by atoms with E-state index in [1.165, 1.54) is 24.1 Å². The quantitative estimate of drug-likeness (QED) is 0.848. The van der Waals surface area contributed by atoms with Crippen LogP contribution in [0.1, 0.15) is 47.1 Å². The molecule has 6 nitrogen and oxygen atoms in total. The molecule has 2 aromatic rings. The largest absolute Gasteiger partial charge is 0.493 e. The summed E-state index contributed by atoms with van der Waals surface area (Å²) >= 11 is 0. The molecule has 1 aliphatic heterocycles. The standard InChI is InChI=1S/C21H29N3O3/c1-22-21(25)18-10-9-16(23(18)2)17-7-5-6-12-24(17)14-15-8-11-19(26-3)20(13-15)27-4/h8-11,13,17H,5-7,12,14H2,1-4H3,(H,22,25)/t17-/m1/s1. The molecule has 1 atom stereocenters. The number of carbonyl (C=O) groups is 1. The number of benzene rings is 1. The number of nitrogens with one attached hydrogen (secondary N) is 1. The predicted molar refractivity (Wildman–Crippen MR) is 105 cm³/mol. The van der Waals surface area contributed by atoms with Gasteiger partial charge in [-0.1, -0.05) is 12.5 Å². The fourth-order valence-corrected chi connectivity index (χ4v) is 3.95. The highest BCUT2D eigenvalue weighted by atomic mass is 16.5. The van der Waals surface area contributed by atoms with Crippen molar-refractivity contribution in [1.29, 1.82) is 0 Å². The fourth-order valence-electron chi connectivity index (χ4n) is 3.95. The summed E-state index contributed by atoms with van der Waals surface area (Å²) in [4.78, 5) is 14.6. The summed E-state index contributed by atoms with van der Waals surface area (Å²) in [5.41, 5.74) is 3.08. The average molecular weight is 371 g/mol. The van der Waals surface area contributed by atoms with Crippen LogP contribution >= 0.6 is 0 Å². The fraction of sp³-hybridized carbons (Fsp3) is 0.476. The van der Waals surface area contributed by atoms with Crippen molar-refractivity contribution in [3.8, 4) is 11.5 Å². The minimum atomic E-state index is -0.0500. The van der Waals surface area contributed by atoms with Gasteiger partial charge in [0.05, 0.1) is 20.3 Å². The van der Waals surface area contributed by atoms with Crippen LogP contribution in [0, 0.1) is 0 Å². The number of piperidine rings is 1. The highest BCUT2D eigenvalue weighted by Crippen LogP contribution is 2.34. The Morgan fingerprint density at radius 2 is 1.93 bits per heavy atom. The monoisotopic (exact) mass is 371 g/mol. The highest BCUT2D eigenvalue weighted by Gasteiger charge is 2.27. The Bertz CT molecular complexity index is 800. The van der Waals surface area contributed by atoms with Gasteiger partial charge in [0.2, 0.25) is 0 Å². The Morgan fingerprint density at radius 1 is 1.15 bits per heavy atom. The van der Waals surface area contributed by atoms with E-state index in [9.17, 15) is 4.79 Å². The third kappa shape index (κ3) is 3.95. The van der Waals surface area contributed by atoms with Gasteiger partial charge in [0.15, 0.2) is 11.5 Å². The molecule has 1 amide bonds. The summed E-state index contributed by atoms with van der Waals surface area (Å²) in [6.45, 7) is 1.88. The molecular weight excluding hydrogens is 342 g/mol. The van der Waals surface area contributed by atoms with Crippen LogP contribution in [-0.4, -0.2) is 43.2 Å². The van der Waals surface area contributed by atoms with Gasteiger partial charge in [-0.15, -0.1) is 0 Å². The van der Waals surface area contributed by atoms with E-state index >= 15 is 0 Å². The molecule has 0 aliphatic carbocycles. The lowest BCUT2D eigenvalue weighted by atomic mass is 9.98. The molecule has 6 heteroatoms. The zero-order chi connectivity index (χ0) is 19.4. The Labute approximate surface area is 161 Å². The summed E-state index contributed by atoms with van der Waals surface area (Å²) in [6, 6.07) is 10.4. The van der Waals surface area contributed by atoms with E-state index in [4.69, 9.17) is 9.47 Å². The second kappa shape index (κ2) is 8.48. The van der Waals surface area contributed by atoms with Crippen LogP contribution in [0.25, 0.3) is 0 Å². The van der Waals surface area contributed by atoms with Gasteiger partial charge in [-0.3, -0.25) is 9.69 Å². The van der Waals surface area contributed by atoms with E-state index in [1.807, 2.05) is 29.8 Å². The first-order valence-electron chi connectivity index (χ1n) is 9.41. The predicted octanol–water partition coefficient (Wildman–Crippen LogP) is 3.13. The molecule has 0 radical (unpaired) electrons. The maximum absolute atomic E-state index is 12.1. The van der Waals surface area contributed by atoms with Crippen molar-refractivity contribution in [2.45, 2.75) is 31.8 Å². The third-order valence-electron chi connectivity index (χ3n) is 5.41. The van der Waals surface area contributed by atoms with Gasteiger partial charge in [-0.2, -0.15) is 0 Å². The number of hydrogen-bond donors (Lipinski definition) is 1. The van der Waals surface area contributed by atoms with Gasteiger partial charge in [-0.05, 0) is 49.2 Å². The van der Waals surface area contributed by atoms with Crippen LogP contribution in [0.5, 0.6) is 11.5 Å². The van der Waals surface area contributed by atoms with Crippen molar-refractivity contribution in [2.75, 3.05) is 27.8 Å². The maximum atomic E-state index is 12.1. The highest BCUT2D eigenvalue weighted by molar-refractivity contribution is 5.92. The zero-order valence-electron chi connectivity index (χ0n) is 16.6. The lowest BCUT2D eigenvalue weighted by molar-refractivity contribution is 0.0952. The number of rotatable bonds is 6. The van der Waals surface area contributed by atoms with Gasteiger partial charge in [0, 0.05) is 26.3 Å². The van der Waals surface area contributed by atoms with Gasteiger partial charge in [0.1, 0.15) is 5.69 Å². The molecule has 1 aromatic carbocycles. The van der Waals surface area contributed by atoms with E-state index in [2.05, 4.69) is 22.3 Å². The molecule has 0 bridgehead atoms. The molecule has 27 heavy (non-hydrogen) atoms. The Morgan fingerprint density at radius 3 is 2.63 bits per heavy atom. The molecular formula is C21H29N3O3. The molecule has 2 heterocycles. The smallest absolute Gasteiger partial charge is 0.267 e. The van der Waals surface area contributed by atoms with Gasteiger partial charge >= 0.3 is 0 Å². The van der Waals surface area contributed by atoms with Crippen molar-refractivity contribution in [2.24, 2.45) is 7.05 Å². The lowest BCUT2D eigenvalue weighted by Gasteiger charge is -2.36. The van der Waals surface area contributed by atoms with Crippen LogP contribution < -0.4 is 14.8 Å². The van der Waals surface area contributed by atoms with E-state index in [1.54, 1.807) is 21.3 Å². The van der Waals surface area contributed by atoms with Crippen molar-refractivity contribution in [3.63, 3.8) is 0 Å². The number of hydrogen-bond acceptors (Lipinski definition) is 4. The normalized spacial score (nSPS) is 17.6. The van der Waals surface area contributed by atoms with Crippen LogP contribution in [0.3, 0.4) is 0 Å². The number of aromatic nitrogens is 1. The topological polar surface area (TPSA) is 55.7 Å². The van der Waals surface area contributed by atoms with Crippen molar-refractivity contribution >= 4 is 5.91 Å². The second-order valence-electron chi connectivity index (χ2n) is 6.95. The summed E-state index contributed by atoms with van der Waals surface area (Å²) in [5.74, 6) is 1.45. The Hall–Kier alpha value is -2.47. The van der Waals surface area contributed by atoms with Crippen LogP contribution in [0.15, 0.2) is 30.3 Å². The van der Waals surface area contributed by atoms with Gasteiger partial charge in [0.25, 0.3) is 5.91 Å². The van der Waals surface area contributed by atoms with Gasteiger partial charge in [-0.25, -0.2) is 0 Å². The zero-order valence-corrected chi connectivity index (χ0v) is 16.6. The molecule has 3 rings (SSSR count). The summed E-state index contributed by atoms with van der Waals surface area (Å²) in [5, 5.41) is 2.71. The number of nitrogens with zero attached hydrogens (tertiary/aromatic N) is 2. The first kappa shape index (κ1) is 19.3. The SMILES string of the molecule is CNC(=O)c1ccc([C@H]2CCCCN2Cc2ccc(OC)c(OC)c2)n1C. The minimum Gasteiger partial charge on any atom is -0.493 e. The number of ether oxygens (including phenoxy) is 2. The Kier molecular flexibility index (Phi) is 6.06. The number of carbonyl (C=O) groups excluding carboxylic acids is 1. The minimum absolute atomic E-state index is 0.0500. The first-order valence-corrected chi connectivity index (χ1v) is 9.41. The molecule has 0 spiro atoms. The summed E-state index contributed by atoms with van der Waals surface area (Å²) in [6.07, 6.45) is 3.49. The molecule has 1 saturated heterocycles. The lowest BCUT2D eigenvalue weighted by Crippen LogP contribution is -2.34. The summed E-state index contributed by atoms with van der Waals surface area (Å²) in [7, 11) is 6.95. The molecule has 1 aromatic heterocycles.